The van der Waals surface area contributed by atoms with E-state index in [1.807, 2.05) is 42.6 Å². The fourth-order valence-electron chi connectivity index (χ4n) is 3.50. The molecule has 1 aromatic heterocycles. The third-order valence-electron chi connectivity index (χ3n) is 6.89. The maximum Gasteiger partial charge on any atom is 0.407 e. The molecule has 5 nitrogen and oxygen atoms in total. The Kier molecular flexibility index (Phi) is 12.5. The maximum atomic E-state index is 11.9. The Labute approximate surface area is 214 Å². The van der Waals surface area contributed by atoms with Crippen molar-refractivity contribution in [3.8, 4) is 0 Å². The fourth-order valence-corrected chi connectivity index (χ4v) is 4.59. The summed E-state index contributed by atoms with van der Waals surface area (Å²) in [6.07, 6.45) is 11.4. The highest BCUT2D eigenvalue weighted by Crippen LogP contribution is 2.36. The van der Waals surface area contributed by atoms with Crippen molar-refractivity contribution in [2.75, 3.05) is 6.61 Å². The summed E-state index contributed by atoms with van der Waals surface area (Å²) in [4.78, 5) is 16.3. The van der Waals surface area contributed by atoms with Crippen molar-refractivity contribution in [3.63, 3.8) is 0 Å². The standard InChI is InChI=1S/C29H46N2O3Si/c1-29(2,3)35(4,5)34-21-15-10-8-6-7-9-12-16-25-19-20-27(30-22-25)23-31-28(32)33-24-26-17-13-11-14-18-26/h11,13-14,17-20,22H,6-10,12,15-16,21,23-24H2,1-5H3,(H,31,32). The highest BCUT2D eigenvalue weighted by molar-refractivity contribution is 6.74. The lowest BCUT2D eigenvalue weighted by Gasteiger charge is -2.36. The molecule has 1 aromatic carbocycles. The molecule has 0 saturated heterocycles. The predicted molar refractivity (Wildman–Crippen MR) is 147 cm³/mol. The third-order valence-corrected chi connectivity index (χ3v) is 11.4. The molecular weight excluding hydrogens is 452 g/mol. The van der Waals surface area contributed by atoms with E-state index in [4.69, 9.17) is 9.16 Å². The molecule has 0 saturated carbocycles. The molecule has 194 valence electrons. The SMILES string of the molecule is CC(C)(C)[Si](C)(C)OCCCCCCCCCc1ccc(CNC(=O)OCc2ccccc2)nc1. The molecule has 0 atom stereocenters. The molecule has 0 spiro atoms. The molecule has 0 bridgehead atoms. The van der Waals surface area contributed by atoms with Gasteiger partial charge in [-0.1, -0.05) is 89.3 Å². The molecular formula is C29H46N2O3Si. The number of aromatic nitrogens is 1. The highest BCUT2D eigenvalue weighted by Gasteiger charge is 2.36. The summed E-state index contributed by atoms with van der Waals surface area (Å²) in [5.41, 5.74) is 3.06. The van der Waals surface area contributed by atoms with Crippen molar-refractivity contribution >= 4 is 14.4 Å². The second-order valence-corrected chi connectivity index (χ2v) is 15.7. The Morgan fingerprint density at radius 3 is 2.17 bits per heavy atom. The molecule has 1 N–H and O–H groups in total. The van der Waals surface area contributed by atoms with E-state index in [1.54, 1.807) is 0 Å². The minimum Gasteiger partial charge on any atom is -0.445 e. The summed E-state index contributed by atoms with van der Waals surface area (Å²) >= 11 is 0. The smallest absolute Gasteiger partial charge is 0.407 e. The van der Waals surface area contributed by atoms with Crippen molar-refractivity contribution in [1.82, 2.24) is 10.3 Å². The van der Waals surface area contributed by atoms with Gasteiger partial charge in [-0.05, 0) is 54.6 Å². The number of aryl methyl sites for hydroxylation is 1. The average molecular weight is 499 g/mol. The lowest BCUT2D eigenvalue weighted by molar-refractivity contribution is 0.139. The third kappa shape index (κ3) is 11.9. The number of ether oxygens (including phenoxy) is 1. The minimum atomic E-state index is -1.58. The van der Waals surface area contributed by atoms with E-state index in [-0.39, 0.29) is 6.61 Å². The number of rotatable bonds is 15. The quantitative estimate of drug-likeness (QED) is 0.201. The van der Waals surface area contributed by atoms with Gasteiger partial charge in [0.25, 0.3) is 0 Å². The molecule has 0 fully saturated rings. The second kappa shape index (κ2) is 15.0. The first-order valence-corrected chi connectivity index (χ1v) is 16.1. The van der Waals surface area contributed by atoms with Gasteiger partial charge >= 0.3 is 6.09 Å². The Balaban J connectivity index is 1.48. The number of benzene rings is 1. The molecule has 2 rings (SSSR count). The van der Waals surface area contributed by atoms with Crippen LogP contribution < -0.4 is 5.32 Å². The summed E-state index contributed by atoms with van der Waals surface area (Å²) in [6, 6.07) is 13.8. The molecule has 0 radical (unpaired) electrons. The van der Waals surface area contributed by atoms with Crippen molar-refractivity contribution in [2.24, 2.45) is 0 Å². The van der Waals surface area contributed by atoms with Crippen LogP contribution >= 0.6 is 0 Å². The van der Waals surface area contributed by atoms with Gasteiger partial charge in [-0.3, -0.25) is 4.98 Å². The number of hydrogen-bond donors (Lipinski definition) is 1. The second-order valence-electron chi connectivity index (χ2n) is 10.9. The molecule has 6 heteroatoms. The fraction of sp³-hybridized carbons (Fsp3) is 0.586. The zero-order valence-corrected chi connectivity index (χ0v) is 23.6. The van der Waals surface area contributed by atoms with E-state index in [9.17, 15) is 4.79 Å². The van der Waals surface area contributed by atoms with Crippen LogP contribution in [0.1, 0.15) is 82.5 Å². The van der Waals surface area contributed by atoms with Crippen molar-refractivity contribution in [2.45, 2.75) is 103 Å². The van der Waals surface area contributed by atoms with Crippen molar-refractivity contribution in [1.29, 1.82) is 0 Å². The Bertz CT molecular complexity index is 848. The molecule has 1 heterocycles. The predicted octanol–water partition coefficient (Wildman–Crippen LogP) is 7.80. The Morgan fingerprint density at radius 2 is 1.54 bits per heavy atom. The molecule has 0 aliphatic carbocycles. The molecule has 35 heavy (non-hydrogen) atoms. The number of nitrogens with zero attached hydrogens (tertiary/aromatic N) is 1. The zero-order chi connectivity index (χ0) is 25.6. The number of alkyl carbamates (subject to hydrolysis) is 1. The molecule has 0 unspecified atom stereocenters. The molecule has 0 aliphatic heterocycles. The van der Waals surface area contributed by atoms with Gasteiger partial charge in [0, 0.05) is 12.8 Å². The summed E-state index contributed by atoms with van der Waals surface area (Å²) in [5.74, 6) is 0. The van der Waals surface area contributed by atoms with Crippen LogP contribution in [0.4, 0.5) is 4.79 Å². The largest absolute Gasteiger partial charge is 0.445 e. The number of unbranched alkanes of at least 4 members (excludes halogenated alkanes) is 6. The first kappa shape index (κ1) is 29.0. The van der Waals surface area contributed by atoms with E-state index in [1.165, 1.54) is 50.5 Å². The molecule has 0 aliphatic rings. The topological polar surface area (TPSA) is 60.5 Å². The van der Waals surface area contributed by atoms with Crippen LogP contribution in [0, 0.1) is 0 Å². The average Bonchev–Trinajstić information content (AvgIpc) is 2.83. The number of pyridine rings is 1. The van der Waals surface area contributed by atoms with Crippen LogP contribution in [0.25, 0.3) is 0 Å². The van der Waals surface area contributed by atoms with Crippen LogP contribution in [-0.2, 0) is 28.7 Å². The van der Waals surface area contributed by atoms with Crippen LogP contribution in [-0.4, -0.2) is 26.0 Å². The van der Waals surface area contributed by atoms with Gasteiger partial charge in [0.05, 0.1) is 12.2 Å². The van der Waals surface area contributed by atoms with Gasteiger partial charge in [0.1, 0.15) is 6.61 Å². The van der Waals surface area contributed by atoms with E-state index in [2.05, 4.69) is 50.2 Å². The van der Waals surface area contributed by atoms with Crippen LogP contribution in [0.15, 0.2) is 48.7 Å². The molecule has 1 amide bonds. The summed E-state index contributed by atoms with van der Waals surface area (Å²) < 4.78 is 11.5. The number of carbonyl (C=O) groups excluding carboxylic acids is 1. The first-order chi connectivity index (χ1) is 16.7. The van der Waals surface area contributed by atoms with E-state index < -0.39 is 14.4 Å². The van der Waals surface area contributed by atoms with Gasteiger partial charge in [-0.25, -0.2) is 4.79 Å². The number of nitrogens with one attached hydrogen (secondary N) is 1. The Hall–Kier alpha value is -2.18. The van der Waals surface area contributed by atoms with E-state index in [0.29, 0.717) is 11.6 Å². The van der Waals surface area contributed by atoms with Crippen LogP contribution in [0.3, 0.4) is 0 Å². The summed E-state index contributed by atoms with van der Waals surface area (Å²) in [5, 5.41) is 3.06. The van der Waals surface area contributed by atoms with Crippen LogP contribution in [0.5, 0.6) is 0 Å². The molecule has 2 aromatic rings. The summed E-state index contributed by atoms with van der Waals surface area (Å²) in [7, 11) is -1.58. The van der Waals surface area contributed by atoms with Gasteiger partial charge in [0.2, 0.25) is 0 Å². The number of carbonyl (C=O) groups is 1. The zero-order valence-electron chi connectivity index (χ0n) is 22.6. The minimum absolute atomic E-state index is 0.268. The summed E-state index contributed by atoms with van der Waals surface area (Å²) in [6.45, 7) is 13.1. The van der Waals surface area contributed by atoms with Gasteiger partial charge in [-0.2, -0.15) is 0 Å². The number of hydrogen-bond acceptors (Lipinski definition) is 4. The Morgan fingerprint density at radius 1 is 0.886 bits per heavy atom. The van der Waals surface area contributed by atoms with Gasteiger partial charge < -0.3 is 14.5 Å². The lowest BCUT2D eigenvalue weighted by atomic mass is 10.1. The van der Waals surface area contributed by atoms with E-state index >= 15 is 0 Å². The maximum absolute atomic E-state index is 11.9. The van der Waals surface area contributed by atoms with Crippen molar-refractivity contribution < 1.29 is 14.0 Å². The first-order valence-electron chi connectivity index (χ1n) is 13.2. The normalized spacial score (nSPS) is 11.9. The monoisotopic (exact) mass is 498 g/mol. The van der Waals surface area contributed by atoms with Gasteiger partial charge in [-0.15, -0.1) is 0 Å². The van der Waals surface area contributed by atoms with Crippen molar-refractivity contribution in [3.05, 3.63) is 65.5 Å². The van der Waals surface area contributed by atoms with E-state index in [0.717, 1.165) is 24.3 Å². The van der Waals surface area contributed by atoms with Crippen LogP contribution in [0.2, 0.25) is 18.1 Å². The highest BCUT2D eigenvalue weighted by atomic mass is 28.4. The lowest BCUT2D eigenvalue weighted by Crippen LogP contribution is -2.40. The number of amides is 1. The van der Waals surface area contributed by atoms with Gasteiger partial charge in [0.15, 0.2) is 8.32 Å².